The van der Waals surface area contributed by atoms with E-state index in [1.807, 2.05) is 18.2 Å². The Morgan fingerprint density at radius 3 is 2.36 bits per heavy atom. The molecule has 3 heterocycles. The fourth-order valence-corrected chi connectivity index (χ4v) is 5.54. The Morgan fingerprint density at radius 1 is 1.00 bits per heavy atom. The third-order valence-corrected chi connectivity index (χ3v) is 7.18. The van der Waals surface area contributed by atoms with Crippen LogP contribution in [0.15, 0.2) is 63.2 Å². The number of hydrogen-bond donors (Lipinski definition) is 0. The molecule has 4 aliphatic rings. The van der Waals surface area contributed by atoms with Crippen molar-refractivity contribution in [2.45, 2.75) is 39.3 Å². The number of hydrogen-bond acceptors (Lipinski definition) is 2. The van der Waals surface area contributed by atoms with E-state index in [-0.39, 0.29) is 28.8 Å². The Labute approximate surface area is 145 Å². The van der Waals surface area contributed by atoms with Gasteiger partial charge in [0.15, 0.2) is 0 Å². The minimum Gasteiger partial charge on any atom is -0.245 e. The van der Waals surface area contributed by atoms with Crippen molar-refractivity contribution in [2.75, 3.05) is 0 Å². The van der Waals surface area contributed by atoms with Crippen LogP contribution >= 0.6 is 0 Å². The lowest BCUT2D eigenvalue weighted by Gasteiger charge is -2.65. The van der Waals surface area contributed by atoms with Crippen molar-refractivity contribution in [1.29, 1.82) is 0 Å². The topological polar surface area (TPSA) is 48.9 Å². The lowest BCUT2D eigenvalue weighted by molar-refractivity contribution is -0.0328. The highest BCUT2D eigenvalue weighted by Crippen LogP contribution is 2.67. The summed E-state index contributed by atoms with van der Waals surface area (Å²) in [5, 5.41) is 0. The Bertz CT molecular complexity index is 1100. The second kappa shape index (κ2) is 4.15. The van der Waals surface area contributed by atoms with Crippen LogP contribution in [0.1, 0.15) is 33.7 Å². The highest BCUT2D eigenvalue weighted by Gasteiger charge is 2.66. The summed E-state index contributed by atoms with van der Waals surface area (Å²) in [6.07, 6.45) is 4.23. The summed E-state index contributed by atoms with van der Waals surface area (Å²) in [7, 11) is 0. The van der Waals surface area contributed by atoms with Gasteiger partial charge < -0.3 is 0 Å². The first-order valence-corrected chi connectivity index (χ1v) is 8.73. The van der Waals surface area contributed by atoms with Gasteiger partial charge in [0, 0.05) is 11.3 Å². The Kier molecular flexibility index (Phi) is 2.45. The molecule has 2 aromatic rings. The SMILES string of the molecule is CC1=C(C)C2(C)C1C1C=CC2(C)n2c(=O)n(-c3ccccc3)c(=O)n21. The van der Waals surface area contributed by atoms with Crippen LogP contribution in [0.25, 0.3) is 5.69 Å². The maximum atomic E-state index is 13.3. The van der Waals surface area contributed by atoms with Crippen molar-refractivity contribution < 1.29 is 0 Å². The zero-order valence-electron chi connectivity index (χ0n) is 14.9. The number of rotatable bonds is 1. The predicted molar refractivity (Wildman–Crippen MR) is 96.1 cm³/mol. The van der Waals surface area contributed by atoms with Crippen LogP contribution in [0.4, 0.5) is 0 Å². The summed E-state index contributed by atoms with van der Waals surface area (Å²) in [6, 6.07) is 9.08. The van der Waals surface area contributed by atoms with Crippen LogP contribution in [-0.2, 0) is 5.54 Å². The van der Waals surface area contributed by atoms with Gasteiger partial charge in [0.05, 0.1) is 17.3 Å². The van der Waals surface area contributed by atoms with E-state index in [2.05, 4.69) is 39.8 Å². The van der Waals surface area contributed by atoms with E-state index in [4.69, 9.17) is 0 Å². The zero-order valence-corrected chi connectivity index (χ0v) is 14.9. The second-order valence-corrected chi connectivity index (χ2v) is 7.88. The fraction of sp³-hybridized carbons (Fsp3) is 0.400. The molecule has 2 aliphatic heterocycles. The van der Waals surface area contributed by atoms with Gasteiger partial charge >= 0.3 is 11.4 Å². The largest absolute Gasteiger partial charge is 0.352 e. The van der Waals surface area contributed by atoms with E-state index >= 15 is 0 Å². The molecular formula is C20H21N3O2. The predicted octanol–water partition coefficient (Wildman–Crippen LogP) is 2.61. The summed E-state index contributed by atoms with van der Waals surface area (Å²) < 4.78 is 4.67. The van der Waals surface area contributed by atoms with Gasteiger partial charge in [0.1, 0.15) is 0 Å². The quantitative estimate of drug-likeness (QED) is 0.752. The molecule has 5 heteroatoms. The third-order valence-electron chi connectivity index (χ3n) is 7.18. The van der Waals surface area contributed by atoms with E-state index < -0.39 is 5.54 Å². The van der Waals surface area contributed by atoms with Gasteiger partial charge in [0.25, 0.3) is 0 Å². The first-order valence-electron chi connectivity index (χ1n) is 8.73. The van der Waals surface area contributed by atoms with Gasteiger partial charge in [-0.25, -0.2) is 23.5 Å². The molecule has 0 radical (unpaired) electrons. The number of nitrogens with zero attached hydrogens (tertiary/aromatic N) is 3. The van der Waals surface area contributed by atoms with E-state index in [9.17, 15) is 9.59 Å². The van der Waals surface area contributed by atoms with E-state index in [1.54, 1.807) is 21.5 Å². The van der Waals surface area contributed by atoms with Crippen LogP contribution in [0.5, 0.6) is 0 Å². The molecule has 0 amide bonds. The third kappa shape index (κ3) is 1.32. The van der Waals surface area contributed by atoms with Crippen molar-refractivity contribution in [3.8, 4) is 5.69 Å². The Balaban J connectivity index is 1.87. The first kappa shape index (κ1) is 14.8. The number of benzene rings is 1. The lowest BCUT2D eigenvalue weighted by Crippen LogP contribution is -2.67. The lowest BCUT2D eigenvalue weighted by atomic mass is 9.45. The van der Waals surface area contributed by atoms with Crippen molar-refractivity contribution in [3.63, 3.8) is 0 Å². The molecule has 25 heavy (non-hydrogen) atoms. The van der Waals surface area contributed by atoms with Crippen molar-refractivity contribution in [2.24, 2.45) is 11.3 Å². The average molecular weight is 335 g/mol. The first-order chi connectivity index (χ1) is 11.8. The molecule has 0 saturated carbocycles. The van der Waals surface area contributed by atoms with E-state index in [1.165, 1.54) is 15.7 Å². The molecule has 4 atom stereocenters. The summed E-state index contributed by atoms with van der Waals surface area (Å²) in [5.41, 5.74) is 2.13. The standard InChI is InChI=1S/C20H21N3O2/c1-12-13(2)20(4)16(12)15-10-11-19(20,3)23-18(25)21(17(24)22(15)23)14-8-6-5-7-9-14/h5-11,15-16H,1-4H3. The van der Waals surface area contributed by atoms with Crippen molar-refractivity contribution in [1.82, 2.24) is 13.9 Å². The number of para-hydroxylation sites is 1. The van der Waals surface area contributed by atoms with Crippen LogP contribution in [-0.4, -0.2) is 13.9 Å². The van der Waals surface area contributed by atoms with E-state index in [0.29, 0.717) is 5.69 Å². The van der Waals surface area contributed by atoms with Gasteiger partial charge in [-0.2, -0.15) is 0 Å². The van der Waals surface area contributed by atoms with Crippen molar-refractivity contribution in [3.05, 3.63) is 74.6 Å². The normalized spacial score (nSPS) is 34.7. The zero-order chi connectivity index (χ0) is 17.7. The maximum absolute atomic E-state index is 13.3. The molecule has 0 saturated heterocycles. The summed E-state index contributed by atoms with van der Waals surface area (Å²) in [6.45, 7) is 8.62. The number of aromatic nitrogens is 3. The van der Waals surface area contributed by atoms with Crippen LogP contribution in [0, 0.1) is 11.3 Å². The summed E-state index contributed by atoms with van der Waals surface area (Å²) >= 11 is 0. The minimum absolute atomic E-state index is 0.0966. The van der Waals surface area contributed by atoms with E-state index in [0.717, 1.165) is 0 Å². The number of allylic oxidation sites excluding steroid dienone is 4. The second-order valence-electron chi connectivity index (χ2n) is 7.88. The molecule has 128 valence electrons. The molecule has 0 spiro atoms. The Morgan fingerprint density at radius 2 is 1.68 bits per heavy atom. The van der Waals surface area contributed by atoms with Crippen LogP contribution < -0.4 is 11.4 Å². The van der Waals surface area contributed by atoms with Crippen molar-refractivity contribution >= 4 is 0 Å². The van der Waals surface area contributed by atoms with Gasteiger partial charge in [-0.3, -0.25) is 0 Å². The molecule has 2 aliphatic carbocycles. The summed E-state index contributed by atoms with van der Waals surface area (Å²) in [5.74, 6) is 0.270. The average Bonchev–Trinajstić information content (AvgIpc) is 2.89. The molecule has 2 bridgehead atoms. The fourth-order valence-electron chi connectivity index (χ4n) is 5.54. The minimum atomic E-state index is -0.535. The van der Waals surface area contributed by atoms with Crippen LogP contribution in [0.3, 0.4) is 0 Å². The van der Waals surface area contributed by atoms with Gasteiger partial charge in [-0.1, -0.05) is 48.4 Å². The van der Waals surface area contributed by atoms with Gasteiger partial charge in [-0.15, -0.1) is 0 Å². The van der Waals surface area contributed by atoms with Gasteiger partial charge in [0.2, 0.25) is 0 Å². The smallest absolute Gasteiger partial charge is 0.245 e. The Hall–Kier alpha value is -2.56. The highest BCUT2D eigenvalue weighted by atomic mass is 16.2. The molecule has 1 aromatic carbocycles. The molecular weight excluding hydrogens is 314 g/mol. The molecule has 4 unspecified atom stereocenters. The van der Waals surface area contributed by atoms with Gasteiger partial charge in [-0.05, 0) is 32.9 Å². The molecule has 5 nitrogen and oxygen atoms in total. The summed E-state index contributed by atoms with van der Waals surface area (Å²) in [4.78, 5) is 26.5. The molecule has 6 rings (SSSR count). The molecule has 1 aromatic heterocycles. The van der Waals surface area contributed by atoms with Crippen LogP contribution in [0.2, 0.25) is 0 Å². The maximum Gasteiger partial charge on any atom is 0.352 e. The monoisotopic (exact) mass is 335 g/mol. The highest BCUT2D eigenvalue weighted by molar-refractivity contribution is 5.47. The molecule has 0 N–H and O–H groups in total. The molecule has 0 fully saturated rings.